The molecule has 0 aromatic carbocycles. The quantitative estimate of drug-likeness (QED) is 0.817. The van der Waals surface area contributed by atoms with Gasteiger partial charge < -0.3 is 11.1 Å². The smallest absolute Gasteiger partial charge is 0.155 e. The van der Waals surface area contributed by atoms with Gasteiger partial charge in [0.15, 0.2) is 5.82 Å². The van der Waals surface area contributed by atoms with Gasteiger partial charge in [0, 0.05) is 18.9 Å². The predicted molar refractivity (Wildman–Crippen MR) is 77.5 cm³/mol. The fraction of sp³-hybridized carbons (Fsp3) is 0.615. The van der Waals surface area contributed by atoms with Crippen LogP contribution in [0.15, 0.2) is 12.4 Å². The summed E-state index contributed by atoms with van der Waals surface area (Å²) in [7, 11) is 0. The minimum absolute atomic E-state index is 0.294. The average molecular weight is 264 g/mol. The van der Waals surface area contributed by atoms with Crippen LogP contribution in [0.25, 0.3) is 0 Å². The normalized spacial score (nSPS) is 23.6. The van der Waals surface area contributed by atoms with E-state index in [9.17, 15) is 0 Å². The van der Waals surface area contributed by atoms with Crippen molar-refractivity contribution in [2.45, 2.75) is 32.6 Å². The van der Waals surface area contributed by atoms with Crippen molar-refractivity contribution >= 4 is 23.0 Å². The fourth-order valence-corrected chi connectivity index (χ4v) is 2.72. The number of hydrogen-bond donors (Lipinski definition) is 2. The Morgan fingerprint density at radius 1 is 1.39 bits per heavy atom. The second-order valence-corrected chi connectivity index (χ2v) is 5.46. The van der Waals surface area contributed by atoms with Crippen molar-refractivity contribution in [2.24, 2.45) is 17.6 Å². The molecular weight excluding hydrogens is 244 g/mol. The summed E-state index contributed by atoms with van der Waals surface area (Å²) in [6, 6.07) is 0. The van der Waals surface area contributed by atoms with Crippen molar-refractivity contribution in [3.8, 4) is 0 Å². The van der Waals surface area contributed by atoms with Gasteiger partial charge in [-0.2, -0.15) is 0 Å². The number of nitrogens with one attached hydrogen (secondary N) is 1. The highest BCUT2D eigenvalue weighted by atomic mass is 32.1. The van der Waals surface area contributed by atoms with E-state index >= 15 is 0 Å². The molecule has 18 heavy (non-hydrogen) atoms. The molecule has 2 unspecified atom stereocenters. The lowest BCUT2D eigenvalue weighted by Crippen LogP contribution is -2.26. The van der Waals surface area contributed by atoms with Crippen LogP contribution in [0.1, 0.15) is 38.3 Å². The van der Waals surface area contributed by atoms with E-state index in [1.54, 1.807) is 12.4 Å². The summed E-state index contributed by atoms with van der Waals surface area (Å²) in [6.45, 7) is 3.26. The summed E-state index contributed by atoms with van der Waals surface area (Å²) in [5.74, 6) is 2.19. The van der Waals surface area contributed by atoms with Crippen LogP contribution in [0.2, 0.25) is 0 Å². The lowest BCUT2D eigenvalue weighted by molar-refractivity contribution is 0.268. The van der Waals surface area contributed by atoms with Crippen LogP contribution in [0, 0.1) is 11.8 Å². The largest absolute Gasteiger partial charge is 0.388 e. The Bertz CT molecular complexity index is 421. The van der Waals surface area contributed by atoms with Crippen molar-refractivity contribution in [1.29, 1.82) is 0 Å². The first-order valence-corrected chi connectivity index (χ1v) is 6.94. The van der Waals surface area contributed by atoms with Crippen molar-refractivity contribution in [3.63, 3.8) is 0 Å². The first-order valence-electron chi connectivity index (χ1n) is 6.53. The topological polar surface area (TPSA) is 63.8 Å². The molecule has 3 N–H and O–H groups in total. The fourth-order valence-electron chi connectivity index (χ4n) is 2.57. The van der Waals surface area contributed by atoms with Crippen LogP contribution in [0.4, 0.5) is 5.82 Å². The predicted octanol–water partition coefficient (Wildman–Crippen LogP) is 2.35. The second-order valence-electron chi connectivity index (χ2n) is 5.02. The number of nitrogens with two attached hydrogens (primary N) is 1. The molecule has 0 saturated heterocycles. The Labute approximate surface area is 113 Å². The Hall–Kier alpha value is -1.23. The summed E-state index contributed by atoms with van der Waals surface area (Å²) in [6.07, 6.45) is 8.59. The van der Waals surface area contributed by atoms with E-state index in [1.807, 2.05) is 0 Å². The molecular formula is C13H20N4S. The molecule has 2 rings (SSSR count). The summed E-state index contributed by atoms with van der Waals surface area (Å²) in [5.41, 5.74) is 6.23. The van der Waals surface area contributed by atoms with E-state index in [0.29, 0.717) is 22.4 Å². The van der Waals surface area contributed by atoms with Gasteiger partial charge in [-0.3, -0.25) is 0 Å². The van der Waals surface area contributed by atoms with E-state index < -0.39 is 0 Å². The summed E-state index contributed by atoms with van der Waals surface area (Å²) in [4.78, 5) is 8.73. The van der Waals surface area contributed by atoms with Gasteiger partial charge in [-0.15, -0.1) is 0 Å². The molecule has 0 aliphatic heterocycles. The lowest BCUT2D eigenvalue weighted by Gasteiger charge is -2.29. The molecule has 1 fully saturated rings. The number of thiocarbonyl (C=S) groups is 1. The van der Waals surface area contributed by atoms with Crippen LogP contribution >= 0.6 is 12.2 Å². The Kier molecular flexibility index (Phi) is 4.47. The van der Waals surface area contributed by atoms with Crippen molar-refractivity contribution in [3.05, 3.63) is 18.1 Å². The first kappa shape index (κ1) is 13.2. The minimum atomic E-state index is 0.294. The van der Waals surface area contributed by atoms with E-state index in [2.05, 4.69) is 22.2 Å². The van der Waals surface area contributed by atoms with Gasteiger partial charge in [0.2, 0.25) is 0 Å². The van der Waals surface area contributed by atoms with Crippen LogP contribution < -0.4 is 11.1 Å². The average Bonchev–Trinajstić information content (AvgIpc) is 2.38. The molecule has 1 saturated carbocycles. The molecule has 0 spiro atoms. The van der Waals surface area contributed by atoms with Crippen molar-refractivity contribution < 1.29 is 0 Å². The Morgan fingerprint density at radius 2 is 2.11 bits per heavy atom. The maximum absolute atomic E-state index is 5.64. The molecule has 2 atom stereocenters. The third-order valence-electron chi connectivity index (χ3n) is 3.75. The van der Waals surface area contributed by atoms with Gasteiger partial charge in [0.05, 0.1) is 0 Å². The Balaban J connectivity index is 1.99. The van der Waals surface area contributed by atoms with Gasteiger partial charge in [0.25, 0.3) is 0 Å². The first-order chi connectivity index (χ1) is 8.68. The molecule has 4 nitrogen and oxygen atoms in total. The molecule has 0 amide bonds. The van der Waals surface area contributed by atoms with Crippen molar-refractivity contribution in [2.75, 3.05) is 11.9 Å². The second kappa shape index (κ2) is 6.09. The zero-order chi connectivity index (χ0) is 13.0. The van der Waals surface area contributed by atoms with Crippen LogP contribution in [-0.4, -0.2) is 21.5 Å². The van der Waals surface area contributed by atoms with Gasteiger partial charge in [-0.25, -0.2) is 9.97 Å². The summed E-state index contributed by atoms with van der Waals surface area (Å²) < 4.78 is 0. The molecule has 1 aliphatic carbocycles. The van der Waals surface area contributed by atoms with Gasteiger partial charge in [0.1, 0.15) is 10.7 Å². The minimum Gasteiger partial charge on any atom is -0.388 e. The molecule has 5 heteroatoms. The van der Waals surface area contributed by atoms with E-state index in [1.165, 1.54) is 25.7 Å². The number of hydrogen-bond acceptors (Lipinski definition) is 4. The maximum Gasteiger partial charge on any atom is 0.155 e. The van der Waals surface area contributed by atoms with Crippen molar-refractivity contribution in [1.82, 2.24) is 9.97 Å². The van der Waals surface area contributed by atoms with Crippen LogP contribution in [0.5, 0.6) is 0 Å². The van der Waals surface area contributed by atoms with Gasteiger partial charge in [-0.05, 0) is 18.3 Å². The molecule has 0 bridgehead atoms. The summed E-state index contributed by atoms with van der Waals surface area (Å²) in [5, 5.41) is 3.35. The highest BCUT2D eigenvalue weighted by Gasteiger charge is 2.21. The van der Waals surface area contributed by atoms with Gasteiger partial charge in [-0.1, -0.05) is 38.4 Å². The molecule has 1 aromatic heterocycles. The third kappa shape index (κ3) is 3.16. The molecule has 1 heterocycles. The van der Waals surface area contributed by atoms with E-state index in [0.717, 1.165) is 12.5 Å². The molecule has 1 aliphatic rings. The zero-order valence-corrected chi connectivity index (χ0v) is 11.5. The van der Waals surface area contributed by atoms with E-state index in [-0.39, 0.29) is 0 Å². The molecule has 0 radical (unpaired) electrons. The zero-order valence-electron chi connectivity index (χ0n) is 10.7. The number of aromatic nitrogens is 2. The Morgan fingerprint density at radius 3 is 2.83 bits per heavy atom. The van der Waals surface area contributed by atoms with Gasteiger partial charge >= 0.3 is 0 Å². The van der Waals surface area contributed by atoms with Crippen LogP contribution in [-0.2, 0) is 0 Å². The number of rotatable bonds is 4. The molecule has 98 valence electrons. The third-order valence-corrected chi connectivity index (χ3v) is 3.95. The highest BCUT2D eigenvalue weighted by Crippen LogP contribution is 2.29. The standard InChI is InChI=1S/C13H20N4S/c1-9-4-2-3-5-10(9)8-17-13-11(12(14)18)15-6-7-16-13/h6-7,9-10H,2-5,8H2,1H3,(H2,14,18)(H,16,17). The SMILES string of the molecule is CC1CCCCC1CNc1nccnc1C(N)=S. The maximum atomic E-state index is 5.64. The summed E-state index contributed by atoms with van der Waals surface area (Å²) >= 11 is 4.98. The highest BCUT2D eigenvalue weighted by molar-refractivity contribution is 7.80. The number of anilines is 1. The van der Waals surface area contributed by atoms with Crippen LogP contribution in [0.3, 0.4) is 0 Å². The molecule has 1 aromatic rings. The lowest BCUT2D eigenvalue weighted by atomic mass is 9.80. The monoisotopic (exact) mass is 264 g/mol. The van der Waals surface area contributed by atoms with E-state index in [4.69, 9.17) is 18.0 Å². The number of nitrogens with zero attached hydrogens (tertiary/aromatic N) is 2.